The summed E-state index contributed by atoms with van der Waals surface area (Å²) in [6, 6.07) is 68.9. The van der Waals surface area contributed by atoms with Crippen molar-refractivity contribution in [2.24, 2.45) is 0 Å². The van der Waals surface area contributed by atoms with Crippen LogP contribution in [0.3, 0.4) is 0 Å². The van der Waals surface area contributed by atoms with Crippen LogP contribution in [0.5, 0.6) is 0 Å². The largest absolute Gasteiger partial charge is 0.309 e. The zero-order valence-corrected chi connectivity index (χ0v) is 34.0. The summed E-state index contributed by atoms with van der Waals surface area (Å²) in [5.41, 5.74) is 14.9. The van der Waals surface area contributed by atoms with Gasteiger partial charge in [-0.2, -0.15) is 0 Å². The zero-order valence-electron chi connectivity index (χ0n) is 33.2. The van der Waals surface area contributed by atoms with Gasteiger partial charge in [-0.05, 0) is 104 Å². The van der Waals surface area contributed by atoms with Gasteiger partial charge in [0, 0.05) is 53.3 Å². The molecule has 0 amide bonds. The number of hydrogen-bond acceptors (Lipinski definition) is 3. The molecular formula is C55H41N3S. The number of fused-ring (bicyclic) bond motifs is 6. The van der Waals surface area contributed by atoms with Crippen LogP contribution >= 0.6 is 11.3 Å². The van der Waals surface area contributed by atoms with Gasteiger partial charge in [-0.15, -0.1) is 11.3 Å². The van der Waals surface area contributed by atoms with E-state index < -0.39 is 0 Å². The third-order valence-corrected chi connectivity index (χ3v) is 12.4. The average molecular weight is 776 g/mol. The number of thiophene rings is 1. The minimum Gasteiger partial charge on any atom is -0.309 e. The maximum atomic E-state index is 5.09. The lowest BCUT2D eigenvalue weighted by Crippen LogP contribution is -1.97. The lowest BCUT2D eigenvalue weighted by atomic mass is 9.95. The molecule has 0 saturated heterocycles. The van der Waals surface area contributed by atoms with Gasteiger partial charge in [0.05, 0.1) is 22.4 Å². The molecule has 0 saturated carbocycles. The molecule has 0 atom stereocenters. The molecule has 282 valence electrons. The summed E-state index contributed by atoms with van der Waals surface area (Å²) in [6.45, 7) is 6.52. The van der Waals surface area contributed by atoms with Crippen LogP contribution in [-0.4, -0.2) is 14.5 Å². The van der Waals surface area contributed by atoms with Crippen LogP contribution in [0.15, 0.2) is 194 Å². The molecule has 3 aromatic heterocycles. The Morgan fingerprint density at radius 2 is 0.966 bits per heavy atom. The predicted octanol–water partition coefficient (Wildman–Crippen LogP) is 15.2. The summed E-state index contributed by atoms with van der Waals surface area (Å²) in [5, 5.41) is 5.12. The summed E-state index contributed by atoms with van der Waals surface area (Å²) in [4.78, 5) is 10.2. The van der Waals surface area contributed by atoms with Crippen LogP contribution in [0, 0.1) is 20.8 Å². The summed E-state index contributed by atoms with van der Waals surface area (Å²) in [5.74, 6) is 0.708. The first-order chi connectivity index (χ1) is 29.0. The summed E-state index contributed by atoms with van der Waals surface area (Å²) >= 11 is 1.87. The van der Waals surface area contributed by atoms with Gasteiger partial charge in [-0.1, -0.05) is 139 Å². The zero-order chi connectivity index (χ0) is 39.9. The van der Waals surface area contributed by atoms with Gasteiger partial charge in [0.15, 0.2) is 5.82 Å². The molecule has 11 rings (SSSR count). The lowest BCUT2D eigenvalue weighted by molar-refractivity contribution is 1.16. The van der Waals surface area contributed by atoms with Crippen molar-refractivity contribution in [2.75, 3.05) is 0 Å². The number of rotatable bonds is 5. The van der Waals surface area contributed by atoms with Crippen LogP contribution in [-0.2, 0) is 0 Å². The molecule has 3 heterocycles. The second kappa shape index (κ2) is 15.3. The van der Waals surface area contributed by atoms with Crippen molar-refractivity contribution >= 4 is 53.3 Å². The average Bonchev–Trinajstić information content (AvgIpc) is 3.80. The standard InChI is InChI=1S/C48H33N3S.C7H8/c1-30-13-9-10-18-36(30)38-26-39-40-28-47-41(37-19-11-12-20-46(37)52-47)27-45(40)51(44(39)25-31(38)2)35-23-21-34(22-24-35)48-49-42(32-14-5-3-6-15-32)29-43(50-48)33-16-7-4-8-17-33;1-7-5-3-2-4-6-7/h3-29H,1-2H3;2-6H,1H3. The van der Waals surface area contributed by atoms with Crippen molar-refractivity contribution in [1.29, 1.82) is 0 Å². The fraction of sp³-hybridized carbons (Fsp3) is 0.0545. The molecule has 0 radical (unpaired) electrons. The van der Waals surface area contributed by atoms with E-state index in [1.165, 1.54) is 69.8 Å². The van der Waals surface area contributed by atoms with Gasteiger partial charge in [-0.25, -0.2) is 9.97 Å². The van der Waals surface area contributed by atoms with Crippen molar-refractivity contribution in [3.63, 3.8) is 0 Å². The first-order valence-electron chi connectivity index (χ1n) is 20.1. The van der Waals surface area contributed by atoms with E-state index in [0.29, 0.717) is 5.82 Å². The number of benzene rings is 8. The van der Waals surface area contributed by atoms with E-state index in [9.17, 15) is 0 Å². The molecule has 0 N–H and O–H groups in total. The molecule has 59 heavy (non-hydrogen) atoms. The molecular weight excluding hydrogens is 735 g/mol. The molecule has 8 aromatic carbocycles. The fourth-order valence-corrected chi connectivity index (χ4v) is 9.34. The monoisotopic (exact) mass is 775 g/mol. The molecule has 0 aliphatic rings. The normalized spacial score (nSPS) is 11.3. The van der Waals surface area contributed by atoms with Gasteiger partial charge in [0.25, 0.3) is 0 Å². The first kappa shape index (κ1) is 36.2. The first-order valence-corrected chi connectivity index (χ1v) is 20.9. The molecule has 0 fully saturated rings. The van der Waals surface area contributed by atoms with Crippen LogP contribution < -0.4 is 0 Å². The minimum atomic E-state index is 0.708. The maximum Gasteiger partial charge on any atom is 0.160 e. The molecule has 0 unspecified atom stereocenters. The van der Waals surface area contributed by atoms with Crippen molar-refractivity contribution in [3.8, 4) is 50.7 Å². The third-order valence-electron chi connectivity index (χ3n) is 11.2. The number of aromatic nitrogens is 3. The Morgan fingerprint density at radius 1 is 0.390 bits per heavy atom. The highest BCUT2D eigenvalue weighted by molar-refractivity contribution is 7.25. The topological polar surface area (TPSA) is 30.7 Å². The van der Waals surface area contributed by atoms with Crippen molar-refractivity contribution in [1.82, 2.24) is 14.5 Å². The Morgan fingerprint density at radius 3 is 1.61 bits per heavy atom. The van der Waals surface area contributed by atoms with E-state index in [1.807, 2.05) is 41.7 Å². The molecule has 3 nitrogen and oxygen atoms in total. The fourth-order valence-electron chi connectivity index (χ4n) is 8.21. The highest BCUT2D eigenvalue weighted by atomic mass is 32.1. The second-order valence-electron chi connectivity index (χ2n) is 15.2. The van der Waals surface area contributed by atoms with Gasteiger partial charge in [0.2, 0.25) is 0 Å². The molecule has 0 aliphatic carbocycles. The van der Waals surface area contributed by atoms with Gasteiger partial charge < -0.3 is 4.57 Å². The molecule has 0 spiro atoms. The Balaban J connectivity index is 0.000000547. The molecule has 4 heteroatoms. The van der Waals surface area contributed by atoms with E-state index in [1.54, 1.807) is 0 Å². The van der Waals surface area contributed by atoms with E-state index in [0.717, 1.165) is 33.8 Å². The van der Waals surface area contributed by atoms with E-state index in [2.05, 4.69) is 189 Å². The Hall–Kier alpha value is -7.14. The maximum absolute atomic E-state index is 5.09. The van der Waals surface area contributed by atoms with E-state index in [4.69, 9.17) is 9.97 Å². The summed E-state index contributed by atoms with van der Waals surface area (Å²) in [6.07, 6.45) is 0. The van der Waals surface area contributed by atoms with Gasteiger partial charge in [-0.3, -0.25) is 0 Å². The van der Waals surface area contributed by atoms with E-state index >= 15 is 0 Å². The molecule has 11 aromatic rings. The van der Waals surface area contributed by atoms with Gasteiger partial charge in [0.1, 0.15) is 0 Å². The van der Waals surface area contributed by atoms with Crippen LogP contribution in [0.4, 0.5) is 0 Å². The van der Waals surface area contributed by atoms with Crippen LogP contribution in [0.25, 0.3) is 92.7 Å². The minimum absolute atomic E-state index is 0.708. The number of nitrogens with zero attached hydrogens (tertiary/aromatic N) is 3. The second-order valence-corrected chi connectivity index (χ2v) is 16.3. The highest BCUT2D eigenvalue weighted by Gasteiger charge is 2.19. The third kappa shape index (κ3) is 6.88. The number of aryl methyl sites for hydroxylation is 3. The lowest BCUT2D eigenvalue weighted by Gasteiger charge is -2.13. The van der Waals surface area contributed by atoms with Crippen LogP contribution in [0.2, 0.25) is 0 Å². The predicted molar refractivity (Wildman–Crippen MR) is 252 cm³/mol. The SMILES string of the molecule is Cc1ccccc1.Cc1ccccc1-c1cc2c3cc4sc5ccccc5c4cc3n(-c3ccc(-c4nc(-c5ccccc5)cc(-c5ccccc5)n4)cc3)c2cc1C. The smallest absolute Gasteiger partial charge is 0.160 e. The van der Waals surface area contributed by atoms with Gasteiger partial charge >= 0.3 is 0 Å². The summed E-state index contributed by atoms with van der Waals surface area (Å²) < 4.78 is 5.06. The van der Waals surface area contributed by atoms with Crippen molar-refractivity contribution < 1.29 is 0 Å². The summed E-state index contributed by atoms with van der Waals surface area (Å²) in [7, 11) is 0. The molecule has 0 bridgehead atoms. The Labute approximate surface area is 348 Å². The van der Waals surface area contributed by atoms with Crippen LogP contribution in [0.1, 0.15) is 16.7 Å². The van der Waals surface area contributed by atoms with Crippen molar-refractivity contribution in [3.05, 3.63) is 211 Å². The Bertz CT molecular complexity index is 3210. The highest BCUT2D eigenvalue weighted by Crippen LogP contribution is 2.43. The Kier molecular flexibility index (Phi) is 9.40. The quantitative estimate of drug-likeness (QED) is 0.174. The number of hydrogen-bond donors (Lipinski definition) is 0. The van der Waals surface area contributed by atoms with Crippen molar-refractivity contribution in [2.45, 2.75) is 20.8 Å². The van der Waals surface area contributed by atoms with E-state index in [-0.39, 0.29) is 0 Å². The molecule has 0 aliphatic heterocycles.